The lowest BCUT2D eigenvalue weighted by atomic mass is 9.84. The summed E-state index contributed by atoms with van der Waals surface area (Å²) in [5, 5.41) is 13.6. The van der Waals surface area contributed by atoms with E-state index >= 15 is 0 Å². The molecule has 4 heteroatoms. The van der Waals surface area contributed by atoms with Crippen molar-refractivity contribution in [3.63, 3.8) is 0 Å². The summed E-state index contributed by atoms with van der Waals surface area (Å²) in [6.45, 7) is 6.64. The quantitative estimate of drug-likeness (QED) is 0.779. The van der Waals surface area contributed by atoms with Crippen LogP contribution in [-0.2, 0) is 9.59 Å². The second-order valence-electron chi connectivity index (χ2n) is 7.10. The summed E-state index contributed by atoms with van der Waals surface area (Å²) >= 11 is 0. The van der Waals surface area contributed by atoms with E-state index < -0.39 is 11.5 Å². The predicted octanol–water partition coefficient (Wildman–Crippen LogP) is 3.61. The second-order valence-corrected chi connectivity index (χ2v) is 7.10. The van der Waals surface area contributed by atoms with Crippen LogP contribution in [0.3, 0.4) is 0 Å². The molecule has 0 aromatic carbocycles. The maximum atomic E-state index is 12.3. The van der Waals surface area contributed by atoms with Gasteiger partial charge in [0.15, 0.2) is 0 Å². The summed E-state index contributed by atoms with van der Waals surface area (Å²) in [5.41, 5.74) is -0.604. The van der Waals surface area contributed by atoms with E-state index in [0.29, 0.717) is 31.7 Å². The van der Waals surface area contributed by atoms with E-state index in [1.54, 1.807) is 0 Å². The Balaban J connectivity index is 2.76. The van der Waals surface area contributed by atoms with Gasteiger partial charge >= 0.3 is 0 Å². The van der Waals surface area contributed by atoms with E-state index in [9.17, 15) is 14.7 Å². The van der Waals surface area contributed by atoms with Crippen molar-refractivity contribution in [1.29, 1.82) is 0 Å². The molecule has 3 atom stereocenters. The molecule has 1 amide bonds. The van der Waals surface area contributed by atoms with E-state index in [4.69, 9.17) is 0 Å². The minimum absolute atomic E-state index is 0.0885. The lowest BCUT2D eigenvalue weighted by Gasteiger charge is -2.28. The number of hydrogen-bond donors (Lipinski definition) is 2. The van der Waals surface area contributed by atoms with Crippen LogP contribution in [0.1, 0.15) is 85.0 Å². The molecular weight excluding hydrogens is 290 g/mol. The standard InChI is InChI=1S/C19H35NO3/c1-4-15-9-7-12-19(23,6-3)13-8-14-20-18(22)16(5-2)17(21)11-10-15/h15-16,23H,4-14H2,1-3H3,(H,20,22). The van der Waals surface area contributed by atoms with E-state index in [1.165, 1.54) is 0 Å². The van der Waals surface area contributed by atoms with Crippen molar-refractivity contribution >= 4 is 11.7 Å². The summed E-state index contributed by atoms with van der Waals surface area (Å²) in [4.78, 5) is 24.5. The van der Waals surface area contributed by atoms with Crippen LogP contribution in [0.5, 0.6) is 0 Å². The van der Waals surface area contributed by atoms with Crippen LogP contribution in [0.2, 0.25) is 0 Å². The summed E-state index contributed by atoms with van der Waals surface area (Å²) < 4.78 is 0. The molecule has 134 valence electrons. The van der Waals surface area contributed by atoms with Gasteiger partial charge in [0.25, 0.3) is 0 Å². The second kappa shape index (κ2) is 10.1. The van der Waals surface area contributed by atoms with Gasteiger partial charge in [-0.15, -0.1) is 0 Å². The van der Waals surface area contributed by atoms with Crippen LogP contribution in [0.25, 0.3) is 0 Å². The molecule has 0 saturated carbocycles. The molecule has 1 fully saturated rings. The third-order valence-electron chi connectivity index (χ3n) is 5.52. The van der Waals surface area contributed by atoms with Crippen LogP contribution < -0.4 is 5.32 Å². The van der Waals surface area contributed by atoms with Crippen molar-refractivity contribution in [2.24, 2.45) is 11.8 Å². The van der Waals surface area contributed by atoms with Gasteiger partial charge in [0.05, 0.1) is 11.5 Å². The van der Waals surface area contributed by atoms with Gasteiger partial charge in [-0.2, -0.15) is 0 Å². The summed E-state index contributed by atoms with van der Waals surface area (Å²) in [6, 6.07) is 0. The molecular formula is C19H35NO3. The van der Waals surface area contributed by atoms with Gasteiger partial charge in [-0.25, -0.2) is 0 Å². The van der Waals surface area contributed by atoms with Gasteiger partial charge < -0.3 is 10.4 Å². The molecule has 0 aromatic heterocycles. The molecule has 1 aliphatic rings. The SMILES string of the molecule is CCC1CCCC(O)(CC)CCCNC(=O)C(CC)C(=O)CC1. The Morgan fingerprint density at radius 2 is 1.78 bits per heavy atom. The summed E-state index contributed by atoms with van der Waals surface area (Å²) in [5.74, 6) is -0.0303. The Kier molecular flexibility index (Phi) is 8.82. The first-order valence-corrected chi connectivity index (χ1v) is 9.48. The van der Waals surface area contributed by atoms with E-state index in [1.807, 2.05) is 13.8 Å². The molecule has 3 unspecified atom stereocenters. The monoisotopic (exact) mass is 325 g/mol. The van der Waals surface area contributed by atoms with Crippen molar-refractivity contribution in [2.75, 3.05) is 6.54 Å². The zero-order chi connectivity index (χ0) is 17.3. The highest BCUT2D eigenvalue weighted by Crippen LogP contribution is 2.28. The molecule has 1 aliphatic heterocycles. The molecule has 0 bridgehead atoms. The first-order chi connectivity index (χ1) is 11.0. The minimum atomic E-state index is -0.604. The van der Waals surface area contributed by atoms with Crippen molar-refractivity contribution in [3.05, 3.63) is 0 Å². The first-order valence-electron chi connectivity index (χ1n) is 9.48. The molecule has 4 nitrogen and oxygen atoms in total. The van der Waals surface area contributed by atoms with Crippen LogP contribution in [0.4, 0.5) is 0 Å². The third-order valence-corrected chi connectivity index (χ3v) is 5.52. The fourth-order valence-electron chi connectivity index (χ4n) is 3.58. The Labute approximate surface area is 141 Å². The van der Waals surface area contributed by atoms with Gasteiger partial charge in [0.1, 0.15) is 5.78 Å². The third kappa shape index (κ3) is 6.62. The van der Waals surface area contributed by atoms with Crippen molar-refractivity contribution in [3.8, 4) is 0 Å². The fraction of sp³-hybridized carbons (Fsp3) is 0.895. The minimum Gasteiger partial charge on any atom is -0.390 e. The predicted molar refractivity (Wildman–Crippen MR) is 93.1 cm³/mol. The number of hydrogen-bond acceptors (Lipinski definition) is 3. The van der Waals surface area contributed by atoms with E-state index in [0.717, 1.165) is 44.9 Å². The Bertz CT molecular complexity index is 383. The maximum Gasteiger partial charge on any atom is 0.230 e. The van der Waals surface area contributed by atoms with Gasteiger partial charge in [0, 0.05) is 13.0 Å². The lowest BCUT2D eigenvalue weighted by molar-refractivity contribution is -0.134. The van der Waals surface area contributed by atoms with Crippen molar-refractivity contribution < 1.29 is 14.7 Å². The molecule has 1 heterocycles. The highest BCUT2D eigenvalue weighted by atomic mass is 16.3. The topological polar surface area (TPSA) is 66.4 Å². The van der Waals surface area contributed by atoms with Gasteiger partial charge in [-0.1, -0.05) is 40.0 Å². The first kappa shape index (κ1) is 20.1. The van der Waals surface area contributed by atoms with Gasteiger partial charge in [-0.05, 0) is 44.4 Å². The van der Waals surface area contributed by atoms with Crippen LogP contribution in [0, 0.1) is 11.8 Å². The number of carbonyl (C=O) groups excluding carboxylic acids is 2. The zero-order valence-corrected chi connectivity index (χ0v) is 15.2. The molecule has 23 heavy (non-hydrogen) atoms. The number of rotatable bonds is 3. The molecule has 1 rings (SSSR count). The fourth-order valence-corrected chi connectivity index (χ4v) is 3.58. The number of amides is 1. The van der Waals surface area contributed by atoms with Crippen LogP contribution in [0.15, 0.2) is 0 Å². The summed E-state index contributed by atoms with van der Waals surface area (Å²) in [6.07, 6.45) is 8.12. The van der Waals surface area contributed by atoms with Gasteiger partial charge in [-0.3, -0.25) is 9.59 Å². The Hall–Kier alpha value is -0.900. The van der Waals surface area contributed by atoms with E-state index in [2.05, 4.69) is 12.2 Å². The normalized spacial score (nSPS) is 32.2. The number of aliphatic hydroxyl groups is 1. The molecule has 0 aliphatic carbocycles. The number of ketones is 1. The van der Waals surface area contributed by atoms with E-state index in [-0.39, 0.29) is 11.7 Å². The lowest BCUT2D eigenvalue weighted by Crippen LogP contribution is -2.37. The Morgan fingerprint density at radius 3 is 2.39 bits per heavy atom. The number of nitrogens with one attached hydrogen (secondary N) is 1. The summed E-state index contributed by atoms with van der Waals surface area (Å²) in [7, 11) is 0. The molecule has 2 N–H and O–H groups in total. The van der Waals surface area contributed by atoms with Crippen molar-refractivity contribution in [2.45, 2.75) is 90.6 Å². The molecule has 1 saturated heterocycles. The molecule has 0 spiro atoms. The number of Topliss-reactive ketones (excluding diaryl/α,β-unsaturated/α-hetero) is 1. The maximum absolute atomic E-state index is 12.3. The number of carbonyl (C=O) groups is 2. The smallest absolute Gasteiger partial charge is 0.230 e. The average Bonchev–Trinajstić information content (AvgIpc) is 2.54. The highest BCUT2D eigenvalue weighted by molar-refractivity contribution is 6.01. The van der Waals surface area contributed by atoms with Crippen LogP contribution >= 0.6 is 0 Å². The zero-order valence-electron chi connectivity index (χ0n) is 15.2. The highest BCUT2D eigenvalue weighted by Gasteiger charge is 2.27. The largest absolute Gasteiger partial charge is 0.390 e. The average molecular weight is 325 g/mol. The van der Waals surface area contributed by atoms with Crippen LogP contribution in [-0.4, -0.2) is 28.9 Å². The molecule has 0 radical (unpaired) electrons. The van der Waals surface area contributed by atoms with Gasteiger partial charge in [0.2, 0.25) is 5.91 Å². The Morgan fingerprint density at radius 1 is 1.09 bits per heavy atom. The molecule has 0 aromatic rings. The van der Waals surface area contributed by atoms with Crippen molar-refractivity contribution in [1.82, 2.24) is 5.32 Å².